The van der Waals surface area contributed by atoms with Crippen molar-refractivity contribution in [3.8, 4) is 0 Å². The first-order valence-electron chi connectivity index (χ1n) is 6.86. The molecular formula is C15H22FN3O2. The highest BCUT2D eigenvalue weighted by Gasteiger charge is 2.11. The summed E-state index contributed by atoms with van der Waals surface area (Å²) in [6.45, 7) is 4.11. The van der Waals surface area contributed by atoms with E-state index in [2.05, 4.69) is 10.6 Å². The lowest BCUT2D eigenvalue weighted by molar-refractivity contribution is -0.124. The summed E-state index contributed by atoms with van der Waals surface area (Å²) < 4.78 is 13.4. The van der Waals surface area contributed by atoms with Crippen LogP contribution < -0.4 is 10.6 Å². The Bertz CT molecular complexity index is 492. The molecule has 0 saturated carbocycles. The zero-order valence-corrected chi connectivity index (χ0v) is 12.6. The molecule has 2 amide bonds. The Labute approximate surface area is 124 Å². The Morgan fingerprint density at radius 1 is 1.19 bits per heavy atom. The maximum Gasteiger partial charge on any atom is 0.234 e. The number of nitrogens with one attached hydrogen (secondary N) is 2. The number of hydrogen-bond acceptors (Lipinski definition) is 3. The van der Waals surface area contributed by atoms with Gasteiger partial charge in [-0.25, -0.2) is 4.39 Å². The smallest absolute Gasteiger partial charge is 0.234 e. The molecule has 0 bridgehead atoms. The molecule has 0 aliphatic rings. The monoisotopic (exact) mass is 295 g/mol. The van der Waals surface area contributed by atoms with E-state index in [-0.39, 0.29) is 43.3 Å². The summed E-state index contributed by atoms with van der Waals surface area (Å²) in [4.78, 5) is 24.9. The third kappa shape index (κ3) is 6.85. The average molecular weight is 295 g/mol. The fourth-order valence-electron chi connectivity index (χ4n) is 1.81. The zero-order chi connectivity index (χ0) is 15.8. The largest absolute Gasteiger partial charge is 0.353 e. The van der Waals surface area contributed by atoms with Gasteiger partial charge < -0.3 is 10.6 Å². The molecule has 5 nitrogen and oxygen atoms in total. The van der Waals surface area contributed by atoms with Gasteiger partial charge in [-0.05, 0) is 27.0 Å². The number of carbonyl (C=O) groups excluding carboxylic acids is 2. The molecule has 6 heteroatoms. The number of halogens is 1. The third-order valence-corrected chi connectivity index (χ3v) is 2.71. The van der Waals surface area contributed by atoms with Crippen LogP contribution in [0.3, 0.4) is 0 Å². The number of benzene rings is 1. The molecule has 0 aliphatic carbocycles. The molecule has 1 rings (SSSR count). The Morgan fingerprint density at radius 2 is 1.81 bits per heavy atom. The van der Waals surface area contributed by atoms with Crippen molar-refractivity contribution in [1.29, 1.82) is 0 Å². The summed E-state index contributed by atoms with van der Waals surface area (Å²) in [5.74, 6) is -0.727. The second-order valence-electron chi connectivity index (χ2n) is 5.26. The summed E-state index contributed by atoms with van der Waals surface area (Å²) in [5.41, 5.74) is 0.436. The summed E-state index contributed by atoms with van der Waals surface area (Å²) in [6, 6.07) is 6.36. The van der Waals surface area contributed by atoms with E-state index in [9.17, 15) is 14.0 Å². The molecule has 0 atom stereocenters. The van der Waals surface area contributed by atoms with E-state index in [0.717, 1.165) is 0 Å². The molecule has 0 aromatic heterocycles. The minimum atomic E-state index is -0.345. The SMILES string of the molecule is CC(C)NC(=O)CN(C)CC(=O)NCc1ccccc1F. The number of amides is 2. The zero-order valence-electron chi connectivity index (χ0n) is 12.6. The van der Waals surface area contributed by atoms with Crippen molar-refractivity contribution in [2.45, 2.75) is 26.4 Å². The summed E-state index contributed by atoms with van der Waals surface area (Å²) >= 11 is 0. The molecule has 21 heavy (non-hydrogen) atoms. The molecule has 0 spiro atoms. The van der Waals surface area contributed by atoms with E-state index in [1.165, 1.54) is 6.07 Å². The summed E-state index contributed by atoms with van der Waals surface area (Å²) in [5, 5.41) is 5.38. The van der Waals surface area contributed by atoms with Gasteiger partial charge in [-0.2, -0.15) is 0 Å². The number of nitrogens with zero attached hydrogens (tertiary/aromatic N) is 1. The molecule has 0 unspecified atom stereocenters. The van der Waals surface area contributed by atoms with Crippen LogP contribution in [0.4, 0.5) is 4.39 Å². The van der Waals surface area contributed by atoms with Crippen LogP contribution in [0.15, 0.2) is 24.3 Å². The number of carbonyl (C=O) groups is 2. The highest BCUT2D eigenvalue weighted by atomic mass is 19.1. The van der Waals surface area contributed by atoms with Crippen molar-refractivity contribution < 1.29 is 14.0 Å². The Hall–Kier alpha value is -1.95. The molecule has 2 N–H and O–H groups in total. The number of hydrogen-bond donors (Lipinski definition) is 2. The minimum absolute atomic E-state index is 0.0702. The molecule has 1 aromatic carbocycles. The van der Waals surface area contributed by atoms with Crippen LogP contribution in [0.1, 0.15) is 19.4 Å². The van der Waals surface area contributed by atoms with Gasteiger partial charge in [-0.15, -0.1) is 0 Å². The molecule has 0 aliphatic heterocycles. The first-order valence-corrected chi connectivity index (χ1v) is 6.86. The van der Waals surface area contributed by atoms with E-state index < -0.39 is 0 Å². The normalized spacial score (nSPS) is 10.8. The van der Waals surface area contributed by atoms with Crippen molar-refractivity contribution in [2.24, 2.45) is 0 Å². The second kappa shape index (κ2) is 8.36. The fraction of sp³-hybridized carbons (Fsp3) is 0.467. The van der Waals surface area contributed by atoms with E-state index in [1.54, 1.807) is 30.1 Å². The van der Waals surface area contributed by atoms with Crippen molar-refractivity contribution in [2.75, 3.05) is 20.1 Å². The highest BCUT2D eigenvalue weighted by Crippen LogP contribution is 2.05. The topological polar surface area (TPSA) is 61.4 Å². The van der Waals surface area contributed by atoms with E-state index in [1.807, 2.05) is 13.8 Å². The molecule has 0 fully saturated rings. The van der Waals surface area contributed by atoms with Gasteiger partial charge >= 0.3 is 0 Å². The van der Waals surface area contributed by atoms with Crippen molar-refractivity contribution in [3.63, 3.8) is 0 Å². The molecule has 0 heterocycles. The molecule has 116 valence electrons. The van der Waals surface area contributed by atoms with Crippen molar-refractivity contribution in [3.05, 3.63) is 35.6 Å². The minimum Gasteiger partial charge on any atom is -0.353 e. The third-order valence-electron chi connectivity index (χ3n) is 2.71. The van der Waals surface area contributed by atoms with E-state index in [4.69, 9.17) is 0 Å². The second-order valence-corrected chi connectivity index (χ2v) is 5.26. The maximum atomic E-state index is 13.4. The first kappa shape index (κ1) is 17.1. The summed E-state index contributed by atoms with van der Waals surface area (Å²) in [6.07, 6.45) is 0. The fourth-order valence-corrected chi connectivity index (χ4v) is 1.81. The molecular weight excluding hydrogens is 273 g/mol. The molecule has 0 saturated heterocycles. The van der Waals surface area contributed by atoms with Gasteiger partial charge in [-0.3, -0.25) is 14.5 Å². The maximum absolute atomic E-state index is 13.4. The van der Waals surface area contributed by atoms with Crippen LogP contribution in [0.2, 0.25) is 0 Å². The van der Waals surface area contributed by atoms with Crippen LogP contribution >= 0.6 is 0 Å². The van der Waals surface area contributed by atoms with Gasteiger partial charge in [0, 0.05) is 18.2 Å². The molecule has 1 aromatic rings. The van der Waals surface area contributed by atoms with Crippen molar-refractivity contribution in [1.82, 2.24) is 15.5 Å². The van der Waals surface area contributed by atoms with E-state index in [0.29, 0.717) is 5.56 Å². The van der Waals surface area contributed by atoms with Crippen LogP contribution in [-0.2, 0) is 16.1 Å². The van der Waals surface area contributed by atoms with Gasteiger partial charge in [0.15, 0.2) is 0 Å². The van der Waals surface area contributed by atoms with E-state index >= 15 is 0 Å². The van der Waals surface area contributed by atoms with Crippen LogP contribution in [0.5, 0.6) is 0 Å². The Morgan fingerprint density at radius 3 is 2.43 bits per heavy atom. The highest BCUT2D eigenvalue weighted by molar-refractivity contribution is 5.81. The first-order chi connectivity index (χ1) is 9.88. The van der Waals surface area contributed by atoms with Gasteiger partial charge in [-0.1, -0.05) is 18.2 Å². The van der Waals surface area contributed by atoms with Gasteiger partial charge in [0.1, 0.15) is 5.82 Å². The molecule has 0 radical (unpaired) electrons. The average Bonchev–Trinajstić information content (AvgIpc) is 2.36. The van der Waals surface area contributed by atoms with Crippen molar-refractivity contribution >= 4 is 11.8 Å². The van der Waals surface area contributed by atoms with Gasteiger partial charge in [0.05, 0.1) is 13.1 Å². The summed E-state index contributed by atoms with van der Waals surface area (Å²) in [7, 11) is 1.68. The predicted molar refractivity (Wildman–Crippen MR) is 79.0 cm³/mol. The Kier molecular flexibility index (Phi) is 6.81. The quantitative estimate of drug-likeness (QED) is 0.785. The van der Waals surface area contributed by atoms with Crippen LogP contribution in [0, 0.1) is 5.82 Å². The van der Waals surface area contributed by atoms with Gasteiger partial charge in [0.2, 0.25) is 11.8 Å². The van der Waals surface area contributed by atoms with Crippen LogP contribution in [0.25, 0.3) is 0 Å². The number of rotatable bonds is 7. The Balaban J connectivity index is 2.33. The van der Waals surface area contributed by atoms with Crippen LogP contribution in [-0.4, -0.2) is 42.9 Å². The lowest BCUT2D eigenvalue weighted by Gasteiger charge is -2.17. The predicted octanol–water partition coefficient (Wildman–Crippen LogP) is 0.898. The lowest BCUT2D eigenvalue weighted by Crippen LogP contribution is -2.42. The number of likely N-dealkylation sites (N-methyl/N-ethyl adjacent to an activating group) is 1. The van der Waals surface area contributed by atoms with Gasteiger partial charge in [0.25, 0.3) is 0 Å². The lowest BCUT2D eigenvalue weighted by atomic mass is 10.2. The standard InChI is InChI=1S/C15H22FN3O2/c1-11(2)18-15(21)10-19(3)9-14(20)17-8-12-6-4-5-7-13(12)16/h4-7,11H,8-10H2,1-3H3,(H,17,20)(H,18,21).